The van der Waals surface area contributed by atoms with Crippen LogP contribution in [0.2, 0.25) is 0 Å². The fraction of sp³-hybridized carbons (Fsp3) is 0.500. The highest BCUT2D eigenvalue weighted by Crippen LogP contribution is 2.33. The summed E-state index contributed by atoms with van der Waals surface area (Å²) in [6.45, 7) is 4.32. The summed E-state index contributed by atoms with van der Waals surface area (Å²) in [5, 5.41) is 0. The molecule has 0 N–H and O–H groups in total. The third-order valence-electron chi connectivity index (χ3n) is 4.47. The van der Waals surface area contributed by atoms with Gasteiger partial charge in [-0.1, -0.05) is 24.3 Å². The number of para-hydroxylation sites is 2. The molecule has 1 fully saturated rings. The molecule has 1 saturated heterocycles. The van der Waals surface area contributed by atoms with E-state index in [0.717, 1.165) is 25.9 Å². The van der Waals surface area contributed by atoms with Crippen molar-refractivity contribution in [2.45, 2.75) is 19.8 Å². The van der Waals surface area contributed by atoms with Crippen LogP contribution in [0.15, 0.2) is 36.4 Å². The summed E-state index contributed by atoms with van der Waals surface area (Å²) in [7, 11) is 0. The highest BCUT2D eigenvalue weighted by Gasteiger charge is 2.35. The molecule has 1 amide bonds. The minimum absolute atomic E-state index is 0.0701. The SMILES string of the molecule is CCOc1ccccc1OCC(=O)N1CC2CC=CCC2C1. The number of carbonyl (C=O) groups is 1. The zero-order valence-corrected chi connectivity index (χ0v) is 13.0. The first-order valence-electron chi connectivity index (χ1n) is 8.05. The van der Waals surface area contributed by atoms with Crippen molar-refractivity contribution in [1.29, 1.82) is 0 Å². The summed E-state index contributed by atoms with van der Waals surface area (Å²) in [6, 6.07) is 7.49. The number of fused-ring (bicyclic) bond motifs is 1. The lowest BCUT2D eigenvalue weighted by molar-refractivity contribution is -0.132. The Hall–Kier alpha value is -1.97. The third kappa shape index (κ3) is 3.26. The molecule has 4 nitrogen and oxygen atoms in total. The number of rotatable bonds is 5. The number of hydrogen-bond acceptors (Lipinski definition) is 3. The normalized spacial score (nSPS) is 23.2. The van der Waals surface area contributed by atoms with Crippen molar-refractivity contribution in [3.8, 4) is 11.5 Å². The minimum atomic E-state index is 0.0701. The van der Waals surface area contributed by atoms with E-state index >= 15 is 0 Å². The van der Waals surface area contributed by atoms with Gasteiger partial charge in [-0.05, 0) is 43.7 Å². The number of allylic oxidation sites excluding steroid dienone is 2. The molecule has 0 bridgehead atoms. The molecule has 22 heavy (non-hydrogen) atoms. The standard InChI is InChI=1S/C18H23NO3/c1-2-21-16-9-5-6-10-17(16)22-13-18(20)19-11-14-7-3-4-8-15(14)12-19/h3-6,9-10,14-15H,2,7-8,11-13H2,1H3. The molecule has 2 unspecified atom stereocenters. The second kappa shape index (κ2) is 6.86. The van der Waals surface area contributed by atoms with E-state index in [1.54, 1.807) is 0 Å². The topological polar surface area (TPSA) is 38.8 Å². The Morgan fingerprint density at radius 1 is 1.09 bits per heavy atom. The van der Waals surface area contributed by atoms with E-state index in [4.69, 9.17) is 9.47 Å². The van der Waals surface area contributed by atoms with Crippen LogP contribution in [0.25, 0.3) is 0 Å². The van der Waals surface area contributed by atoms with Gasteiger partial charge in [-0.3, -0.25) is 4.79 Å². The van der Waals surface area contributed by atoms with E-state index in [1.807, 2.05) is 36.1 Å². The quantitative estimate of drug-likeness (QED) is 0.785. The molecule has 4 heteroatoms. The van der Waals surface area contributed by atoms with Crippen molar-refractivity contribution in [1.82, 2.24) is 4.90 Å². The summed E-state index contributed by atoms with van der Waals surface area (Å²) in [5.74, 6) is 2.66. The van der Waals surface area contributed by atoms with E-state index in [0.29, 0.717) is 29.9 Å². The highest BCUT2D eigenvalue weighted by molar-refractivity contribution is 5.78. The second-order valence-electron chi connectivity index (χ2n) is 5.93. The zero-order chi connectivity index (χ0) is 15.4. The van der Waals surface area contributed by atoms with Crippen LogP contribution in [-0.4, -0.2) is 37.1 Å². The lowest BCUT2D eigenvalue weighted by atomic mass is 9.86. The number of carbonyl (C=O) groups excluding carboxylic acids is 1. The van der Waals surface area contributed by atoms with E-state index in [9.17, 15) is 4.79 Å². The van der Waals surface area contributed by atoms with Crippen molar-refractivity contribution in [3.05, 3.63) is 36.4 Å². The summed E-state index contributed by atoms with van der Waals surface area (Å²) in [6.07, 6.45) is 6.68. The maximum Gasteiger partial charge on any atom is 0.260 e. The van der Waals surface area contributed by atoms with Gasteiger partial charge in [0.05, 0.1) is 6.61 Å². The molecule has 0 spiro atoms. The molecule has 1 aromatic carbocycles. The Labute approximate surface area is 131 Å². The predicted molar refractivity (Wildman–Crippen MR) is 85.0 cm³/mol. The summed E-state index contributed by atoms with van der Waals surface area (Å²) < 4.78 is 11.2. The van der Waals surface area contributed by atoms with Gasteiger partial charge in [0.2, 0.25) is 0 Å². The van der Waals surface area contributed by atoms with Crippen LogP contribution >= 0.6 is 0 Å². The predicted octanol–water partition coefficient (Wildman–Crippen LogP) is 2.89. The van der Waals surface area contributed by atoms with Crippen LogP contribution in [0, 0.1) is 11.8 Å². The molecule has 2 aliphatic rings. The number of amides is 1. The van der Waals surface area contributed by atoms with E-state index < -0.39 is 0 Å². The van der Waals surface area contributed by atoms with Gasteiger partial charge in [0.15, 0.2) is 18.1 Å². The smallest absolute Gasteiger partial charge is 0.260 e. The Balaban J connectivity index is 1.55. The zero-order valence-electron chi connectivity index (χ0n) is 13.0. The Morgan fingerprint density at radius 2 is 1.68 bits per heavy atom. The molecular weight excluding hydrogens is 278 g/mol. The molecule has 0 saturated carbocycles. The fourth-order valence-corrected chi connectivity index (χ4v) is 3.29. The second-order valence-corrected chi connectivity index (χ2v) is 5.93. The number of ether oxygens (including phenoxy) is 2. The Bertz CT molecular complexity index is 539. The van der Waals surface area contributed by atoms with Gasteiger partial charge in [-0.25, -0.2) is 0 Å². The number of benzene rings is 1. The van der Waals surface area contributed by atoms with Crippen LogP contribution in [0.1, 0.15) is 19.8 Å². The molecule has 0 radical (unpaired) electrons. The molecule has 0 aromatic heterocycles. The number of nitrogens with zero attached hydrogens (tertiary/aromatic N) is 1. The first-order chi connectivity index (χ1) is 10.8. The largest absolute Gasteiger partial charge is 0.490 e. The van der Waals surface area contributed by atoms with Gasteiger partial charge in [-0.2, -0.15) is 0 Å². The Kier molecular flexibility index (Phi) is 4.66. The van der Waals surface area contributed by atoms with Crippen LogP contribution < -0.4 is 9.47 Å². The van der Waals surface area contributed by atoms with E-state index in [2.05, 4.69) is 12.2 Å². The highest BCUT2D eigenvalue weighted by atomic mass is 16.5. The van der Waals surface area contributed by atoms with Crippen LogP contribution in [0.4, 0.5) is 0 Å². The van der Waals surface area contributed by atoms with Crippen molar-refractivity contribution < 1.29 is 14.3 Å². The maximum absolute atomic E-state index is 12.4. The molecule has 1 aliphatic heterocycles. The average Bonchev–Trinajstić information content (AvgIpc) is 2.98. The van der Waals surface area contributed by atoms with Gasteiger partial charge in [0, 0.05) is 13.1 Å². The van der Waals surface area contributed by atoms with E-state index in [-0.39, 0.29) is 12.5 Å². The molecule has 1 heterocycles. The summed E-state index contributed by atoms with van der Waals surface area (Å²) in [4.78, 5) is 14.3. The fourth-order valence-electron chi connectivity index (χ4n) is 3.29. The first-order valence-corrected chi connectivity index (χ1v) is 8.05. The lowest BCUT2D eigenvalue weighted by Crippen LogP contribution is -2.33. The molecule has 1 aromatic rings. The third-order valence-corrected chi connectivity index (χ3v) is 4.47. The van der Waals surface area contributed by atoms with Gasteiger partial charge in [-0.15, -0.1) is 0 Å². The summed E-state index contributed by atoms with van der Waals surface area (Å²) in [5.41, 5.74) is 0. The average molecular weight is 301 g/mol. The molecular formula is C18H23NO3. The van der Waals surface area contributed by atoms with Crippen LogP contribution in [-0.2, 0) is 4.79 Å². The van der Waals surface area contributed by atoms with Gasteiger partial charge < -0.3 is 14.4 Å². The van der Waals surface area contributed by atoms with Crippen LogP contribution in [0.3, 0.4) is 0 Å². The molecule has 118 valence electrons. The van der Waals surface area contributed by atoms with Crippen molar-refractivity contribution >= 4 is 5.91 Å². The first kappa shape index (κ1) is 14.9. The summed E-state index contributed by atoms with van der Waals surface area (Å²) >= 11 is 0. The van der Waals surface area contributed by atoms with Crippen molar-refractivity contribution in [2.75, 3.05) is 26.3 Å². The van der Waals surface area contributed by atoms with Gasteiger partial charge >= 0.3 is 0 Å². The number of likely N-dealkylation sites (tertiary alicyclic amines) is 1. The van der Waals surface area contributed by atoms with Gasteiger partial charge in [0.25, 0.3) is 5.91 Å². The molecule has 3 rings (SSSR count). The molecule has 1 aliphatic carbocycles. The van der Waals surface area contributed by atoms with Gasteiger partial charge in [0.1, 0.15) is 0 Å². The minimum Gasteiger partial charge on any atom is -0.490 e. The van der Waals surface area contributed by atoms with Crippen LogP contribution in [0.5, 0.6) is 11.5 Å². The van der Waals surface area contributed by atoms with E-state index in [1.165, 1.54) is 0 Å². The monoisotopic (exact) mass is 301 g/mol. The Morgan fingerprint density at radius 3 is 2.27 bits per heavy atom. The molecule has 2 atom stereocenters. The number of hydrogen-bond donors (Lipinski definition) is 0. The lowest BCUT2D eigenvalue weighted by Gasteiger charge is -2.17. The van der Waals surface area contributed by atoms with Crippen molar-refractivity contribution in [2.24, 2.45) is 11.8 Å². The maximum atomic E-state index is 12.4. The van der Waals surface area contributed by atoms with Crippen molar-refractivity contribution in [3.63, 3.8) is 0 Å².